The molecule has 1 saturated heterocycles. The predicted octanol–water partition coefficient (Wildman–Crippen LogP) is 4.33. The Labute approximate surface area is 205 Å². The number of benzene rings is 2. The fourth-order valence-electron chi connectivity index (χ4n) is 4.43. The molecule has 0 aliphatic carbocycles. The van der Waals surface area contributed by atoms with Crippen molar-refractivity contribution in [3.8, 4) is 22.6 Å². The number of nitrogens with zero attached hydrogens (tertiary/aromatic N) is 1. The van der Waals surface area contributed by atoms with Gasteiger partial charge in [-0.2, -0.15) is 0 Å². The van der Waals surface area contributed by atoms with Gasteiger partial charge in [-0.25, -0.2) is 0 Å². The maximum Gasteiger partial charge on any atom is 0.216 e. The molecule has 0 radical (unpaired) electrons. The third-order valence-electron chi connectivity index (χ3n) is 6.36. The SMILES string of the molecule is CC(=O)NCCNCCCOc1cccc(-c2cccc(OCCCN3CCCC3)c2C)c1C. The van der Waals surface area contributed by atoms with Crippen molar-refractivity contribution < 1.29 is 14.3 Å². The van der Waals surface area contributed by atoms with E-state index in [1.807, 2.05) is 6.07 Å². The minimum atomic E-state index is 0.00495. The van der Waals surface area contributed by atoms with Crippen LogP contribution in [-0.4, -0.2) is 63.3 Å². The molecule has 0 saturated carbocycles. The van der Waals surface area contributed by atoms with Crippen LogP contribution in [0.5, 0.6) is 11.5 Å². The molecule has 0 atom stereocenters. The van der Waals surface area contributed by atoms with Gasteiger partial charge in [-0.15, -0.1) is 0 Å². The van der Waals surface area contributed by atoms with Gasteiger partial charge in [-0.05, 0) is 93.6 Å². The van der Waals surface area contributed by atoms with Crippen molar-refractivity contribution in [2.45, 2.75) is 46.5 Å². The predicted molar refractivity (Wildman–Crippen MR) is 139 cm³/mol. The average molecular weight is 468 g/mol. The van der Waals surface area contributed by atoms with Gasteiger partial charge in [0.15, 0.2) is 0 Å². The molecule has 1 fully saturated rings. The maximum absolute atomic E-state index is 10.9. The van der Waals surface area contributed by atoms with Crippen molar-refractivity contribution >= 4 is 5.91 Å². The van der Waals surface area contributed by atoms with E-state index in [2.05, 4.69) is 59.7 Å². The van der Waals surface area contributed by atoms with Crippen LogP contribution in [0.1, 0.15) is 43.7 Å². The lowest BCUT2D eigenvalue weighted by Crippen LogP contribution is -2.31. The van der Waals surface area contributed by atoms with E-state index in [4.69, 9.17) is 9.47 Å². The molecule has 0 spiro atoms. The van der Waals surface area contributed by atoms with Crippen LogP contribution in [0.15, 0.2) is 36.4 Å². The Morgan fingerprint density at radius 1 is 0.853 bits per heavy atom. The number of hydrogen-bond donors (Lipinski definition) is 2. The summed E-state index contributed by atoms with van der Waals surface area (Å²) in [5.74, 6) is 1.90. The van der Waals surface area contributed by atoms with Gasteiger partial charge >= 0.3 is 0 Å². The molecule has 3 rings (SSSR count). The molecule has 1 aliphatic rings. The van der Waals surface area contributed by atoms with E-state index in [-0.39, 0.29) is 5.91 Å². The number of amides is 1. The van der Waals surface area contributed by atoms with E-state index in [1.54, 1.807) is 0 Å². The van der Waals surface area contributed by atoms with Crippen molar-refractivity contribution in [3.63, 3.8) is 0 Å². The van der Waals surface area contributed by atoms with Crippen LogP contribution in [0.4, 0.5) is 0 Å². The van der Waals surface area contributed by atoms with Gasteiger partial charge in [-0.3, -0.25) is 4.79 Å². The zero-order valence-corrected chi connectivity index (χ0v) is 21.1. The van der Waals surface area contributed by atoms with Gasteiger partial charge in [-0.1, -0.05) is 24.3 Å². The van der Waals surface area contributed by atoms with E-state index in [9.17, 15) is 4.79 Å². The lowest BCUT2D eigenvalue weighted by Gasteiger charge is -2.18. The molecule has 2 aromatic rings. The van der Waals surface area contributed by atoms with Gasteiger partial charge < -0.3 is 25.0 Å². The van der Waals surface area contributed by atoms with Crippen LogP contribution in [-0.2, 0) is 4.79 Å². The summed E-state index contributed by atoms with van der Waals surface area (Å²) in [6.07, 6.45) is 4.64. The second-order valence-corrected chi connectivity index (χ2v) is 9.04. The standard InChI is InChI=1S/C28H41N3O3/c1-22-25(10-6-12-27(22)33-20-8-14-29-15-16-30-24(3)32)26-11-7-13-28(23(26)2)34-21-9-19-31-17-4-5-18-31/h6-7,10-13,29H,4-5,8-9,14-21H2,1-3H3,(H,30,32). The largest absolute Gasteiger partial charge is 0.493 e. The van der Waals surface area contributed by atoms with Crippen molar-refractivity contribution in [3.05, 3.63) is 47.5 Å². The number of nitrogens with one attached hydrogen (secondary N) is 2. The second-order valence-electron chi connectivity index (χ2n) is 9.04. The fourth-order valence-corrected chi connectivity index (χ4v) is 4.43. The molecule has 1 amide bonds. The summed E-state index contributed by atoms with van der Waals surface area (Å²) in [7, 11) is 0. The first-order chi connectivity index (χ1) is 16.6. The summed E-state index contributed by atoms with van der Waals surface area (Å²) in [4.78, 5) is 13.4. The second kappa shape index (κ2) is 14.0. The maximum atomic E-state index is 10.9. The van der Waals surface area contributed by atoms with Crippen molar-refractivity contribution in [1.29, 1.82) is 0 Å². The third kappa shape index (κ3) is 8.03. The summed E-state index contributed by atoms with van der Waals surface area (Å²) < 4.78 is 12.3. The Morgan fingerprint density at radius 2 is 1.44 bits per heavy atom. The molecule has 2 aromatic carbocycles. The first kappa shape index (κ1) is 26.0. The first-order valence-electron chi connectivity index (χ1n) is 12.7. The first-order valence-corrected chi connectivity index (χ1v) is 12.7. The minimum Gasteiger partial charge on any atom is -0.493 e. The normalized spacial score (nSPS) is 13.7. The van der Waals surface area contributed by atoms with Gasteiger partial charge in [0.2, 0.25) is 5.91 Å². The highest BCUT2D eigenvalue weighted by molar-refractivity contribution is 5.74. The summed E-state index contributed by atoms with van der Waals surface area (Å²) >= 11 is 0. The van der Waals surface area contributed by atoms with E-state index in [0.29, 0.717) is 13.2 Å². The van der Waals surface area contributed by atoms with E-state index in [0.717, 1.165) is 56.1 Å². The fraction of sp³-hybridized carbons (Fsp3) is 0.536. The third-order valence-corrected chi connectivity index (χ3v) is 6.36. The van der Waals surface area contributed by atoms with Crippen molar-refractivity contribution in [2.75, 3.05) is 52.5 Å². The Morgan fingerprint density at radius 3 is 2.03 bits per heavy atom. The molecule has 1 aliphatic heterocycles. The lowest BCUT2D eigenvalue weighted by atomic mass is 9.95. The highest BCUT2D eigenvalue weighted by atomic mass is 16.5. The topological polar surface area (TPSA) is 62.8 Å². The minimum absolute atomic E-state index is 0.00495. The Balaban J connectivity index is 1.50. The number of carbonyl (C=O) groups is 1. The quantitative estimate of drug-likeness (QED) is 0.405. The monoisotopic (exact) mass is 467 g/mol. The zero-order valence-electron chi connectivity index (χ0n) is 21.1. The number of likely N-dealkylation sites (tertiary alicyclic amines) is 1. The summed E-state index contributed by atoms with van der Waals surface area (Å²) in [5, 5.41) is 6.10. The molecule has 0 unspecified atom stereocenters. The van der Waals surface area contributed by atoms with Gasteiger partial charge in [0.05, 0.1) is 13.2 Å². The molecule has 1 heterocycles. The van der Waals surface area contributed by atoms with Crippen LogP contribution < -0.4 is 20.1 Å². The van der Waals surface area contributed by atoms with Crippen molar-refractivity contribution in [2.24, 2.45) is 0 Å². The highest BCUT2D eigenvalue weighted by Crippen LogP contribution is 2.35. The van der Waals surface area contributed by atoms with Crippen LogP contribution in [0.3, 0.4) is 0 Å². The van der Waals surface area contributed by atoms with E-state index >= 15 is 0 Å². The van der Waals surface area contributed by atoms with Gasteiger partial charge in [0.1, 0.15) is 11.5 Å². The molecule has 6 heteroatoms. The average Bonchev–Trinajstić information content (AvgIpc) is 3.34. The Bertz CT molecular complexity index is 910. The van der Waals surface area contributed by atoms with E-state index in [1.165, 1.54) is 49.5 Å². The van der Waals surface area contributed by atoms with Crippen molar-refractivity contribution in [1.82, 2.24) is 15.5 Å². The zero-order chi connectivity index (χ0) is 24.2. The van der Waals surface area contributed by atoms with Crippen LogP contribution >= 0.6 is 0 Å². The molecule has 0 aromatic heterocycles. The molecule has 2 N–H and O–H groups in total. The molecular formula is C28H41N3O3. The van der Waals surface area contributed by atoms with Crippen LogP contribution in [0.25, 0.3) is 11.1 Å². The smallest absolute Gasteiger partial charge is 0.216 e. The Kier molecular flexibility index (Phi) is 10.7. The molecule has 6 nitrogen and oxygen atoms in total. The van der Waals surface area contributed by atoms with Gasteiger partial charge in [0.25, 0.3) is 0 Å². The molecule has 0 bridgehead atoms. The Hall–Kier alpha value is -2.57. The molecule has 34 heavy (non-hydrogen) atoms. The van der Waals surface area contributed by atoms with Gasteiger partial charge in [0, 0.05) is 26.6 Å². The van der Waals surface area contributed by atoms with Crippen LogP contribution in [0, 0.1) is 13.8 Å². The summed E-state index contributed by atoms with van der Waals surface area (Å²) in [6.45, 7) is 13.1. The summed E-state index contributed by atoms with van der Waals surface area (Å²) in [6, 6.07) is 12.6. The number of ether oxygens (including phenoxy) is 2. The number of rotatable bonds is 14. The number of carbonyl (C=O) groups excluding carboxylic acids is 1. The van der Waals surface area contributed by atoms with Crippen LogP contribution in [0.2, 0.25) is 0 Å². The lowest BCUT2D eigenvalue weighted by molar-refractivity contribution is -0.118. The summed E-state index contributed by atoms with van der Waals surface area (Å²) in [5.41, 5.74) is 4.70. The number of hydrogen-bond acceptors (Lipinski definition) is 5. The molecule has 186 valence electrons. The molecular weight excluding hydrogens is 426 g/mol. The highest BCUT2D eigenvalue weighted by Gasteiger charge is 2.13. The van der Waals surface area contributed by atoms with E-state index < -0.39 is 0 Å².